The second-order valence-electron chi connectivity index (χ2n) is 4.41. The van der Waals surface area contributed by atoms with Crippen molar-refractivity contribution in [1.29, 1.82) is 0 Å². The number of piperazine rings is 1. The molecule has 1 fully saturated rings. The fourth-order valence-electron chi connectivity index (χ4n) is 2.10. The highest BCUT2D eigenvalue weighted by Gasteiger charge is 2.21. The lowest BCUT2D eigenvalue weighted by Gasteiger charge is -2.30. The van der Waals surface area contributed by atoms with E-state index in [1.54, 1.807) is 18.2 Å². The Morgan fingerprint density at radius 1 is 1.53 bits per heavy atom. The van der Waals surface area contributed by atoms with Gasteiger partial charge in [0.05, 0.1) is 17.8 Å². The SMILES string of the molecule is CCNC(=O)c1ccc(N)cc1N1CCNC(=O)C1. The normalized spacial score (nSPS) is 15.0. The molecule has 0 radical (unpaired) electrons. The number of hydrogen-bond acceptors (Lipinski definition) is 4. The molecule has 1 aromatic carbocycles. The van der Waals surface area contributed by atoms with Gasteiger partial charge in [0.25, 0.3) is 5.91 Å². The molecule has 6 heteroatoms. The lowest BCUT2D eigenvalue weighted by molar-refractivity contribution is -0.120. The van der Waals surface area contributed by atoms with Crippen LogP contribution in [0.25, 0.3) is 0 Å². The van der Waals surface area contributed by atoms with Crippen molar-refractivity contribution in [2.24, 2.45) is 0 Å². The lowest BCUT2D eigenvalue weighted by atomic mass is 10.1. The maximum atomic E-state index is 12.0. The number of benzene rings is 1. The van der Waals surface area contributed by atoms with E-state index in [4.69, 9.17) is 5.73 Å². The Morgan fingerprint density at radius 3 is 3.00 bits per heavy atom. The van der Waals surface area contributed by atoms with E-state index in [1.807, 2.05) is 11.8 Å². The number of amides is 2. The number of rotatable bonds is 3. The van der Waals surface area contributed by atoms with Gasteiger partial charge in [-0.1, -0.05) is 0 Å². The predicted molar refractivity (Wildman–Crippen MR) is 74.1 cm³/mol. The summed E-state index contributed by atoms with van der Waals surface area (Å²) in [6.45, 7) is 3.91. The molecule has 0 aliphatic carbocycles. The Labute approximate surface area is 112 Å². The van der Waals surface area contributed by atoms with Crippen LogP contribution in [0.1, 0.15) is 17.3 Å². The molecule has 102 valence electrons. The van der Waals surface area contributed by atoms with Gasteiger partial charge < -0.3 is 21.3 Å². The Morgan fingerprint density at radius 2 is 2.32 bits per heavy atom. The van der Waals surface area contributed by atoms with Crippen molar-refractivity contribution >= 4 is 23.2 Å². The molecule has 0 saturated carbocycles. The Hall–Kier alpha value is -2.24. The van der Waals surface area contributed by atoms with Gasteiger partial charge in [0.2, 0.25) is 5.91 Å². The highest BCUT2D eigenvalue weighted by atomic mass is 16.2. The summed E-state index contributed by atoms with van der Waals surface area (Å²) in [6, 6.07) is 5.13. The number of nitrogens with one attached hydrogen (secondary N) is 2. The van der Waals surface area contributed by atoms with Gasteiger partial charge in [0, 0.05) is 25.3 Å². The first-order chi connectivity index (χ1) is 9.11. The van der Waals surface area contributed by atoms with Gasteiger partial charge in [-0.15, -0.1) is 0 Å². The summed E-state index contributed by atoms with van der Waals surface area (Å²) >= 11 is 0. The number of nitrogen functional groups attached to an aromatic ring is 1. The quantitative estimate of drug-likeness (QED) is 0.667. The first kappa shape index (κ1) is 13.2. The maximum Gasteiger partial charge on any atom is 0.253 e. The molecule has 0 aromatic heterocycles. The number of anilines is 2. The van der Waals surface area contributed by atoms with E-state index in [9.17, 15) is 9.59 Å². The molecule has 2 amide bonds. The van der Waals surface area contributed by atoms with Crippen molar-refractivity contribution in [3.63, 3.8) is 0 Å². The van der Waals surface area contributed by atoms with Gasteiger partial charge in [-0.25, -0.2) is 0 Å². The summed E-state index contributed by atoms with van der Waals surface area (Å²) in [4.78, 5) is 25.4. The smallest absolute Gasteiger partial charge is 0.253 e. The molecule has 6 nitrogen and oxygen atoms in total. The van der Waals surface area contributed by atoms with E-state index < -0.39 is 0 Å². The van der Waals surface area contributed by atoms with Crippen LogP contribution in [0.3, 0.4) is 0 Å². The van der Waals surface area contributed by atoms with Gasteiger partial charge in [-0.3, -0.25) is 9.59 Å². The molecule has 1 saturated heterocycles. The van der Waals surface area contributed by atoms with E-state index in [1.165, 1.54) is 0 Å². The summed E-state index contributed by atoms with van der Waals surface area (Å²) in [5, 5.41) is 5.52. The van der Waals surface area contributed by atoms with Crippen molar-refractivity contribution in [3.8, 4) is 0 Å². The summed E-state index contributed by atoms with van der Waals surface area (Å²) in [6.07, 6.45) is 0. The van der Waals surface area contributed by atoms with E-state index in [0.717, 1.165) is 0 Å². The van der Waals surface area contributed by atoms with Crippen LogP contribution in [0.2, 0.25) is 0 Å². The monoisotopic (exact) mass is 262 g/mol. The molecule has 4 N–H and O–H groups in total. The fraction of sp³-hybridized carbons (Fsp3) is 0.385. The topological polar surface area (TPSA) is 87.5 Å². The number of hydrogen-bond donors (Lipinski definition) is 3. The average Bonchev–Trinajstić information content (AvgIpc) is 2.39. The van der Waals surface area contributed by atoms with Crippen LogP contribution in [0.5, 0.6) is 0 Å². The lowest BCUT2D eigenvalue weighted by Crippen LogP contribution is -2.48. The Balaban J connectivity index is 2.33. The fourth-order valence-corrected chi connectivity index (χ4v) is 2.10. The highest BCUT2D eigenvalue weighted by Crippen LogP contribution is 2.24. The third-order valence-electron chi connectivity index (χ3n) is 2.98. The maximum absolute atomic E-state index is 12.0. The molecule has 19 heavy (non-hydrogen) atoms. The molecule has 0 bridgehead atoms. The van der Waals surface area contributed by atoms with Crippen LogP contribution >= 0.6 is 0 Å². The van der Waals surface area contributed by atoms with Crippen LogP contribution in [0, 0.1) is 0 Å². The van der Waals surface area contributed by atoms with E-state index in [-0.39, 0.29) is 18.4 Å². The van der Waals surface area contributed by atoms with Crippen LogP contribution < -0.4 is 21.3 Å². The van der Waals surface area contributed by atoms with Gasteiger partial charge >= 0.3 is 0 Å². The third kappa shape index (κ3) is 2.96. The highest BCUT2D eigenvalue weighted by molar-refractivity contribution is 6.01. The molecule has 2 rings (SSSR count). The van der Waals surface area contributed by atoms with Crippen molar-refractivity contribution in [2.75, 3.05) is 36.8 Å². The zero-order valence-corrected chi connectivity index (χ0v) is 10.9. The zero-order valence-electron chi connectivity index (χ0n) is 10.9. The van der Waals surface area contributed by atoms with Gasteiger partial charge in [0.15, 0.2) is 0 Å². The minimum absolute atomic E-state index is 0.0458. The number of carbonyl (C=O) groups excluding carboxylic acids is 2. The minimum Gasteiger partial charge on any atom is -0.399 e. The largest absolute Gasteiger partial charge is 0.399 e. The minimum atomic E-state index is -0.150. The first-order valence-corrected chi connectivity index (χ1v) is 6.31. The van der Waals surface area contributed by atoms with Crippen LogP contribution in [-0.2, 0) is 4.79 Å². The molecular weight excluding hydrogens is 244 g/mol. The second-order valence-corrected chi connectivity index (χ2v) is 4.41. The van der Waals surface area contributed by atoms with Crippen LogP contribution in [-0.4, -0.2) is 38.0 Å². The third-order valence-corrected chi connectivity index (χ3v) is 2.98. The Kier molecular flexibility index (Phi) is 3.89. The second kappa shape index (κ2) is 5.60. The predicted octanol–water partition coefficient (Wildman–Crippen LogP) is -0.0453. The number of nitrogens with two attached hydrogens (primary N) is 1. The van der Waals surface area contributed by atoms with E-state index >= 15 is 0 Å². The molecule has 0 spiro atoms. The van der Waals surface area contributed by atoms with E-state index in [2.05, 4.69) is 10.6 Å². The summed E-state index contributed by atoms with van der Waals surface area (Å²) in [5.41, 5.74) is 7.62. The molecule has 1 heterocycles. The summed E-state index contributed by atoms with van der Waals surface area (Å²) < 4.78 is 0. The molecule has 1 aliphatic heterocycles. The van der Waals surface area contributed by atoms with Crippen LogP contribution in [0.4, 0.5) is 11.4 Å². The standard InChI is InChI=1S/C13H18N4O2/c1-2-15-13(19)10-4-3-9(14)7-11(10)17-6-5-16-12(18)8-17/h3-4,7H,2,5-6,8,14H2,1H3,(H,15,19)(H,16,18). The molecular formula is C13H18N4O2. The first-order valence-electron chi connectivity index (χ1n) is 6.31. The summed E-state index contributed by atoms with van der Waals surface area (Å²) in [7, 11) is 0. The van der Waals surface area contributed by atoms with Crippen LogP contribution in [0.15, 0.2) is 18.2 Å². The number of nitrogens with zero attached hydrogens (tertiary/aromatic N) is 1. The Bertz CT molecular complexity index is 501. The molecule has 0 atom stereocenters. The molecule has 1 aliphatic rings. The van der Waals surface area contributed by atoms with Gasteiger partial charge in [-0.05, 0) is 25.1 Å². The van der Waals surface area contributed by atoms with Crippen molar-refractivity contribution in [2.45, 2.75) is 6.92 Å². The van der Waals surface area contributed by atoms with Crippen molar-refractivity contribution in [3.05, 3.63) is 23.8 Å². The zero-order chi connectivity index (χ0) is 13.8. The molecule has 1 aromatic rings. The van der Waals surface area contributed by atoms with Gasteiger partial charge in [0.1, 0.15) is 0 Å². The van der Waals surface area contributed by atoms with Crippen molar-refractivity contribution < 1.29 is 9.59 Å². The average molecular weight is 262 g/mol. The van der Waals surface area contributed by atoms with E-state index in [0.29, 0.717) is 36.6 Å². The molecule has 0 unspecified atom stereocenters. The summed E-state index contributed by atoms with van der Waals surface area (Å²) in [5.74, 6) is -0.195. The number of carbonyl (C=O) groups is 2. The van der Waals surface area contributed by atoms with Gasteiger partial charge in [-0.2, -0.15) is 0 Å². The van der Waals surface area contributed by atoms with Crippen molar-refractivity contribution in [1.82, 2.24) is 10.6 Å².